The van der Waals surface area contributed by atoms with Crippen LogP contribution in [-0.2, 0) is 0 Å². The van der Waals surface area contributed by atoms with Gasteiger partial charge >= 0.3 is 0 Å². The van der Waals surface area contributed by atoms with Crippen LogP contribution in [0.5, 0.6) is 0 Å². The van der Waals surface area contributed by atoms with Crippen molar-refractivity contribution < 1.29 is 0 Å². The van der Waals surface area contributed by atoms with Gasteiger partial charge in [-0.3, -0.25) is 0 Å². The topological polar surface area (TPSA) is 12.0 Å². The molecule has 0 aliphatic heterocycles. The Labute approximate surface area is 111 Å². The van der Waals surface area contributed by atoms with E-state index in [1.165, 1.54) is 56.4 Å². The first kappa shape index (κ1) is 14.7. The van der Waals surface area contributed by atoms with Crippen molar-refractivity contribution in [2.45, 2.75) is 64.8 Å². The number of nitrogens with one attached hydrogen (secondary N) is 1. The molecule has 1 rings (SSSR count). The molecule has 0 radical (unpaired) electrons. The lowest BCUT2D eigenvalue weighted by molar-refractivity contribution is 0.482. The zero-order chi connectivity index (χ0) is 12.3. The number of hydrogen-bond acceptors (Lipinski definition) is 2. The Hall–Kier alpha value is -0.340. The summed E-state index contributed by atoms with van der Waals surface area (Å²) in [6.45, 7) is 5.71. The molecule has 0 bridgehead atoms. The van der Waals surface area contributed by atoms with E-state index in [1.807, 2.05) is 11.3 Å². The van der Waals surface area contributed by atoms with Crippen molar-refractivity contribution in [2.24, 2.45) is 0 Å². The van der Waals surface area contributed by atoms with E-state index in [1.54, 1.807) is 0 Å². The summed E-state index contributed by atoms with van der Waals surface area (Å²) in [5.74, 6) is 0. The normalized spacial score (nSPS) is 12.8. The van der Waals surface area contributed by atoms with E-state index < -0.39 is 0 Å². The average molecular weight is 253 g/mol. The Kier molecular flexibility index (Phi) is 8.37. The molecule has 0 spiro atoms. The van der Waals surface area contributed by atoms with E-state index in [0.29, 0.717) is 6.04 Å². The van der Waals surface area contributed by atoms with E-state index in [-0.39, 0.29) is 0 Å². The molecule has 0 aliphatic rings. The van der Waals surface area contributed by atoms with Crippen molar-refractivity contribution in [1.29, 1.82) is 0 Å². The largest absolute Gasteiger partial charge is 0.309 e. The van der Waals surface area contributed by atoms with E-state index >= 15 is 0 Å². The van der Waals surface area contributed by atoms with E-state index in [0.717, 1.165) is 0 Å². The van der Waals surface area contributed by atoms with Crippen LogP contribution in [0.1, 0.15) is 69.7 Å². The number of unbranched alkanes of at least 4 members (excludes halogenated alkanes) is 4. The van der Waals surface area contributed by atoms with Crippen molar-refractivity contribution in [1.82, 2.24) is 5.32 Å². The first-order valence-electron chi connectivity index (χ1n) is 7.15. The van der Waals surface area contributed by atoms with Crippen LogP contribution < -0.4 is 5.32 Å². The van der Waals surface area contributed by atoms with Gasteiger partial charge in [0.25, 0.3) is 0 Å². The van der Waals surface area contributed by atoms with Gasteiger partial charge in [-0.2, -0.15) is 0 Å². The van der Waals surface area contributed by atoms with E-state index in [9.17, 15) is 0 Å². The molecular formula is C15H27NS. The van der Waals surface area contributed by atoms with Crippen molar-refractivity contribution in [3.63, 3.8) is 0 Å². The Morgan fingerprint density at radius 3 is 2.59 bits per heavy atom. The highest BCUT2D eigenvalue weighted by Crippen LogP contribution is 2.23. The van der Waals surface area contributed by atoms with Crippen LogP contribution in [0.25, 0.3) is 0 Å². The molecule has 1 unspecified atom stereocenters. The van der Waals surface area contributed by atoms with Crippen LogP contribution in [-0.4, -0.2) is 6.54 Å². The van der Waals surface area contributed by atoms with Crippen LogP contribution in [0.3, 0.4) is 0 Å². The number of hydrogen-bond donors (Lipinski definition) is 1. The van der Waals surface area contributed by atoms with Gasteiger partial charge in [0.15, 0.2) is 0 Å². The molecule has 1 aromatic rings. The van der Waals surface area contributed by atoms with Gasteiger partial charge in [0.1, 0.15) is 0 Å². The van der Waals surface area contributed by atoms with Gasteiger partial charge in [0.2, 0.25) is 0 Å². The number of thiophene rings is 1. The van der Waals surface area contributed by atoms with Crippen LogP contribution in [0.2, 0.25) is 0 Å². The Morgan fingerprint density at radius 1 is 1.12 bits per heavy atom. The molecule has 1 atom stereocenters. The molecule has 1 nitrogen and oxygen atoms in total. The van der Waals surface area contributed by atoms with Crippen molar-refractivity contribution in [3.05, 3.63) is 22.4 Å². The quantitative estimate of drug-likeness (QED) is 0.569. The van der Waals surface area contributed by atoms with Crippen LogP contribution in [0.15, 0.2) is 17.5 Å². The summed E-state index contributed by atoms with van der Waals surface area (Å²) in [5.41, 5.74) is 0. The molecule has 0 aliphatic carbocycles. The van der Waals surface area contributed by atoms with Crippen molar-refractivity contribution in [3.8, 4) is 0 Å². The van der Waals surface area contributed by atoms with Crippen molar-refractivity contribution in [2.75, 3.05) is 6.54 Å². The third kappa shape index (κ3) is 6.23. The lowest BCUT2D eigenvalue weighted by Gasteiger charge is -2.16. The van der Waals surface area contributed by atoms with Gasteiger partial charge in [0, 0.05) is 10.9 Å². The van der Waals surface area contributed by atoms with Gasteiger partial charge in [-0.1, -0.05) is 52.0 Å². The van der Waals surface area contributed by atoms with Crippen LogP contribution in [0, 0.1) is 0 Å². The van der Waals surface area contributed by atoms with Crippen molar-refractivity contribution >= 4 is 11.3 Å². The zero-order valence-corrected chi connectivity index (χ0v) is 12.2. The van der Waals surface area contributed by atoms with Gasteiger partial charge < -0.3 is 5.32 Å². The predicted octanol–water partition coefficient (Wildman–Crippen LogP) is 5.15. The monoisotopic (exact) mass is 253 g/mol. The molecule has 1 aromatic heterocycles. The molecule has 17 heavy (non-hydrogen) atoms. The second-order valence-electron chi connectivity index (χ2n) is 4.73. The molecule has 0 saturated carbocycles. The summed E-state index contributed by atoms with van der Waals surface area (Å²) < 4.78 is 0. The third-order valence-corrected chi connectivity index (χ3v) is 4.12. The highest BCUT2D eigenvalue weighted by Gasteiger charge is 2.09. The molecule has 1 heterocycles. The SMILES string of the molecule is CCCCCCCNC(CCC)c1cccs1. The highest BCUT2D eigenvalue weighted by atomic mass is 32.1. The lowest BCUT2D eigenvalue weighted by atomic mass is 10.1. The summed E-state index contributed by atoms with van der Waals surface area (Å²) in [6.07, 6.45) is 9.34. The number of rotatable bonds is 10. The van der Waals surface area contributed by atoms with Gasteiger partial charge in [0.05, 0.1) is 0 Å². The Balaban J connectivity index is 2.17. The second kappa shape index (κ2) is 9.67. The maximum Gasteiger partial charge on any atom is 0.0414 e. The first-order chi connectivity index (χ1) is 8.38. The average Bonchev–Trinajstić information content (AvgIpc) is 2.86. The minimum absolute atomic E-state index is 0.589. The van der Waals surface area contributed by atoms with Gasteiger partial charge in [-0.05, 0) is 30.8 Å². The molecule has 0 fully saturated rings. The molecule has 1 N–H and O–H groups in total. The fourth-order valence-corrected chi connectivity index (χ4v) is 2.96. The summed E-state index contributed by atoms with van der Waals surface area (Å²) in [6, 6.07) is 5.01. The zero-order valence-electron chi connectivity index (χ0n) is 11.4. The van der Waals surface area contributed by atoms with E-state index in [2.05, 4.69) is 36.7 Å². The fraction of sp³-hybridized carbons (Fsp3) is 0.733. The standard InChI is InChI=1S/C15H27NS/c1-3-5-6-7-8-12-16-14(10-4-2)15-11-9-13-17-15/h9,11,13-14,16H,3-8,10,12H2,1-2H3. The minimum Gasteiger partial charge on any atom is -0.309 e. The van der Waals surface area contributed by atoms with Gasteiger partial charge in [-0.15, -0.1) is 11.3 Å². The fourth-order valence-electron chi connectivity index (χ4n) is 2.13. The lowest BCUT2D eigenvalue weighted by Crippen LogP contribution is -2.21. The maximum atomic E-state index is 3.71. The molecule has 0 amide bonds. The molecular weight excluding hydrogens is 226 g/mol. The third-order valence-electron chi connectivity index (χ3n) is 3.14. The summed E-state index contributed by atoms with van der Waals surface area (Å²) in [5, 5.41) is 5.89. The minimum atomic E-state index is 0.589. The van der Waals surface area contributed by atoms with Crippen LogP contribution in [0.4, 0.5) is 0 Å². The smallest absolute Gasteiger partial charge is 0.0414 e. The molecule has 0 aromatic carbocycles. The molecule has 98 valence electrons. The highest BCUT2D eigenvalue weighted by molar-refractivity contribution is 7.10. The summed E-state index contributed by atoms with van der Waals surface area (Å²) >= 11 is 1.88. The summed E-state index contributed by atoms with van der Waals surface area (Å²) in [4.78, 5) is 1.50. The Bertz CT molecular complexity index is 256. The van der Waals surface area contributed by atoms with Gasteiger partial charge in [-0.25, -0.2) is 0 Å². The molecule has 0 saturated heterocycles. The maximum absolute atomic E-state index is 3.71. The van der Waals surface area contributed by atoms with Crippen LogP contribution >= 0.6 is 11.3 Å². The summed E-state index contributed by atoms with van der Waals surface area (Å²) in [7, 11) is 0. The first-order valence-corrected chi connectivity index (χ1v) is 8.03. The van der Waals surface area contributed by atoms with E-state index in [4.69, 9.17) is 0 Å². The Morgan fingerprint density at radius 2 is 1.94 bits per heavy atom. The molecule has 2 heteroatoms. The second-order valence-corrected chi connectivity index (χ2v) is 5.70. The predicted molar refractivity (Wildman–Crippen MR) is 78.7 cm³/mol.